The molecule has 0 saturated heterocycles. The number of hydrogen-bond donors (Lipinski definition) is 0. The number of hydrogen-bond acceptors (Lipinski definition) is 14. The molecule has 0 aromatic heterocycles. The minimum absolute atomic E-state index is 0.212. The summed E-state index contributed by atoms with van der Waals surface area (Å²) in [5.74, 6) is -0.557. The first-order valence-electron chi connectivity index (χ1n) is 18.7. The number of benzene rings is 2. The maximum absolute atomic E-state index is 12.3. The molecule has 304 valence electrons. The first-order valence-corrected chi connectivity index (χ1v) is 18.7. The zero-order valence-electron chi connectivity index (χ0n) is 31.5. The van der Waals surface area contributed by atoms with Crippen molar-refractivity contribution in [1.82, 2.24) is 4.90 Å². The van der Waals surface area contributed by atoms with Gasteiger partial charge in [-0.2, -0.15) is 0 Å². The van der Waals surface area contributed by atoms with Crippen molar-refractivity contribution in [2.45, 2.75) is 6.61 Å². The molecule has 2 amide bonds. The van der Waals surface area contributed by atoms with Gasteiger partial charge in [-0.3, -0.25) is 14.5 Å². The van der Waals surface area contributed by atoms with E-state index in [1.165, 1.54) is 4.90 Å². The quantitative estimate of drug-likeness (QED) is 0.0729. The van der Waals surface area contributed by atoms with Gasteiger partial charge in [0.25, 0.3) is 11.8 Å². The zero-order valence-corrected chi connectivity index (χ0v) is 31.5. The Morgan fingerprint density at radius 2 is 0.574 bits per heavy atom. The zero-order chi connectivity index (χ0) is 38.0. The second-order valence-electron chi connectivity index (χ2n) is 11.6. The van der Waals surface area contributed by atoms with Crippen molar-refractivity contribution in [3.05, 3.63) is 71.3 Å². The first-order chi connectivity index (χ1) is 26.8. The highest BCUT2D eigenvalue weighted by Gasteiger charge is 2.34. The predicted octanol–water partition coefficient (Wildman–Crippen LogP) is 2.68. The first kappa shape index (κ1) is 45.5. The van der Waals surface area contributed by atoms with E-state index >= 15 is 0 Å². The Labute approximate surface area is 319 Å². The fourth-order valence-electron chi connectivity index (χ4n) is 4.78. The van der Waals surface area contributed by atoms with Crippen LogP contribution >= 0.6 is 0 Å². The molecule has 15 heteroatoms. The molecule has 0 radical (unpaired) electrons. The summed E-state index contributed by atoms with van der Waals surface area (Å²) in [5, 5.41) is 0. The molecule has 54 heavy (non-hydrogen) atoms. The maximum Gasteiger partial charge on any atom is 0.261 e. The molecule has 0 fully saturated rings. The Morgan fingerprint density at radius 3 is 0.889 bits per heavy atom. The lowest BCUT2D eigenvalue weighted by Gasteiger charge is -2.13. The largest absolute Gasteiger partial charge is 0.377 e. The van der Waals surface area contributed by atoms with Gasteiger partial charge in [0.15, 0.2) is 0 Å². The molecule has 1 aliphatic heterocycles. The van der Waals surface area contributed by atoms with Crippen molar-refractivity contribution in [3.63, 3.8) is 0 Å². The van der Waals surface area contributed by atoms with Gasteiger partial charge in [-0.1, -0.05) is 42.5 Å². The monoisotopic (exact) mass is 765 g/mol. The number of rotatable bonds is 38. The molecule has 0 aliphatic carbocycles. The predicted molar refractivity (Wildman–Crippen MR) is 197 cm³/mol. The van der Waals surface area contributed by atoms with Gasteiger partial charge in [-0.25, -0.2) is 0 Å². The van der Waals surface area contributed by atoms with Gasteiger partial charge in [0.05, 0.1) is 176 Å². The molecule has 1 aliphatic rings. The summed E-state index contributed by atoms with van der Waals surface area (Å²) >= 11 is 0. The van der Waals surface area contributed by atoms with E-state index in [-0.39, 0.29) is 25.0 Å². The third-order valence-corrected chi connectivity index (χ3v) is 7.54. The smallest absolute Gasteiger partial charge is 0.261 e. The van der Waals surface area contributed by atoms with Crippen LogP contribution in [0.2, 0.25) is 0 Å². The topological polar surface area (TPSA) is 148 Å². The normalized spacial score (nSPS) is 12.6. The van der Waals surface area contributed by atoms with Gasteiger partial charge in [0.2, 0.25) is 0 Å². The molecule has 15 nitrogen and oxygen atoms in total. The summed E-state index contributed by atoms with van der Waals surface area (Å²) in [6.45, 7) is 11.7. The molecule has 2 aromatic carbocycles. The Balaban J connectivity index is 0.901. The van der Waals surface area contributed by atoms with Crippen molar-refractivity contribution in [3.8, 4) is 0 Å². The van der Waals surface area contributed by atoms with Crippen LogP contribution in [0.4, 0.5) is 0 Å². The van der Waals surface area contributed by atoms with E-state index in [1.807, 2.05) is 30.3 Å². The van der Waals surface area contributed by atoms with Gasteiger partial charge in [-0.15, -0.1) is 0 Å². The molecule has 2 aromatic rings. The second-order valence-corrected chi connectivity index (χ2v) is 11.6. The van der Waals surface area contributed by atoms with E-state index in [2.05, 4.69) is 0 Å². The average molecular weight is 766 g/mol. The van der Waals surface area contributed by atoms with Crippen LogP contribution in [0.25, 0.3) is 0 Å². The lowest BCUT2D eigenvalue weighted by Crippen LogP contribution is -2.33. The third-order valence-electron chi connectivity index (χ3n) is 7.54. The van der Waals surface area contributed by atoms with Crippen LogP contribution < -0.4 is 0 Å². The van der Waals surface area contributed by atoms with Crippen LogP contribution in [0.15, 0.2) is 54.6 Å². The molecule has 0 spiro atoms. The van der Waals surface area contributed by atoms with Crippen molar-refractivity contribution in [2.75, 3.05) is 159 Å². The Bertz CT molecular complexity index is 1170. The number of amides is 2. The minimum atomic E-state index is -0.279. The highest BCUT2D eigenvalue weighted by molar-refractivity contribution is 6.21. The fourth-order valence-corrected chi connectivity index (χ4v) is 4.78. The number of nitrogens with zero attached hydrogens (tertiary/aromatic N) is 1. The van der Waals surface area contributed by atoms with E-state index in [4.69, 9.17) is 56.8 Å². The Morgan fingerprint density at radius 1 is 0.315 bits per heavy atom. The number of carbonyl (C=O) groups excluding carboxylic acids is 2. The molecule has 0 saturated carbocycles. The van der Waals surface area contributed by atoms with Crippen LogP contribution in [-0.2, 0) is 63.4 Å². The number of carbonyl (C=O) groups is 2. The van der Waals surface area contributed by atoms with Crippen LogP contribution in [0.1, 0.15) is 26.3 Å². The van der Waals surface area contributed by atoms with Crippen LogP contribution in [0.3, 0.4) is 0 Å². The molecule has 0 bridgehead atoms. The van der Waals surface area contributed by atoms with Gasteiger partial charge < -0.3 is 56.8 Å². The standard InChI is InChI=1S/C39H59NO14/c41-38-36-8-4-5-9-37(36)39(42)40(38)10-11-43-12-13-44-14-15-45-16-17-46-18-19-47-20-21-48-22-23-49-24-25-50-26-27-51-28-29-52-30-31-53-32-33-54-34-35-6-2-1-3-7-35/h1-9H,10-34H2. The molecule has 3 rings (SSSR count). The summed E-state index contributed by atoms with van der Waals surface area (Å²) < 4.78 is 65.9. The van der Waals surface area contributed by atoms with Crippen LogP contribution in [0, 0.1) is 0 Å². The molecular weight excluding hydrogens is 706 g/mol. The highest BCUT2D eigenvalue weighted by Crippen LogP contribution is 2.21. The summed E-state index contributed by atoms with van der Waals surface area (Å²) in [7, 11) is 0. The van der Waals surface area contributed by atoms with Gasteiger partial charge in [0, 0.05) is 0 Å². The summed E-state index contributed by atoms with van der Waals surface area (Å²) in [4.78, 5) is 25.8. The Hall–Kier alpha value is -2.90. The van der Waals surface area contributed by atoms with Gasteiger partial charge in [-0.05, 0) is 17.7 Å². The third kappa shape index (κ3) is 21.9. The number of fused-ring (bicyclic) bond motifs is 1. The second kappa shape index (κ2) is 32.4. The maximum atomic E-state index is 12.3. The van der Waals surface area contributed by atoms with E-state index < -0.39 is 0 Å². The lowest BCUT2D eigenvalue weighted by atomic mass is 10.1. The van der Waals surface area contributed by atoms with Crippen LogP contribution in [-0.4, -0.2) is 175 Å². The van der Waals surface area contributed by atoms with E-state index in [1.54, 1.807) is 24.3 Å². The molecular formula is C39H59NO14. The number of ether oxygens (including phenoxy) is 12. The minimum Gasteiger partial charge on any atom is -0.377 e. The van der Waals surface area contributed by atoms with Crippen molar-refractivity contribution in [2.24, 2.45) is 0 Å². The van der Waals surface area contributed by atoms with Crippen molar-refractivity contribution >= 4 is 11.8 Å². The van der Waals surface area contributed by atoms with E-state index in [0.29, 0.717) is 163 Å². The Kier molecular flexibility index (Phi) is 27.3. The summed E-state index contributed by atoms with van der Waals surface area (Å²) in [6, 6.07) is 16.9. The van der Waals surface area contributed by atoms with Gasteiger partial charge in [0.1, 0.15) is 0 Å². The van der Waals surface area contributed by atoms with E-state index in [9.17, 15) is 9.59 Å². The average Bonchev–Trinajstić information content (AvgIpc) is 3.44. The van der Waals surface area contributed by atoms with Crippen molar-refractivity contribution in [1.29, 1.82) is 0 Å². The molecule has 0 atom stereocenters. The molecule has 0 unspecified atom stereocenters. The molecule has 0 N–H and O–H groups in total. The lowest BCUT2D eigenvalue weighted by molar-refractivity contribution is -0.0286. The summed E-state index contributed by atoms with van der Waals surface area (Å²) in [5.41, 5.74) is 2.03. The van der Waals surface area contributed by atoms with Crippen LogP contribution in [0.5, 0.6) is 0 Å². The number of imide groups is 1. The van der Waals surface area contributed by atoms with E-state index in [0.717, 1.165) is 5.56 Å². The SMILES string of the molecule is O=C1c2ccccc2C(=O)N1CCOCCOCCOCCOCCOCCOCCOCCOCCOCCOCCOCCOCc1ccccc1. The fraction of sp³-hybridized carbons (Fsp3) is 0.641. The summed E-state index contributed by atoms with van der Waals surface area (Å²) in [6.07, 6.45) is 0. The highest BCUT2D eigenvalue weighted by atomic mass is 16.6. The van der Waals surface area contributed by atoms with Crippen molar-refractivity contribution < 1.29 is 66.4 Å². The van der Waals surface area contributed by atoms with Gasteiger partial charge >= 0.3 is 0 Å². The molecule has 1 heterocycles.